The molecule has 1 atom stereocenters. The minimum absolute atomic E-state index is 0.0823. The maximum atomic E-state index is 12.0. The van der Waals surface area contributed by atoms with Crippen molar-refractivity contribution in [2.24, 2.45) is 0 Å². The zero-order valence-corrected chi connectivity index (χ0v) is 14.0. The van der Waals surface area contributed by atoms with Gasteiger partial charge in [-0.1, -0.05) is 18.2 Å². The largest absolute Gasteiger partial charge is 0.504 e. The summed E-state index contributed by atoms with van der Waals surface area (Å²) >= 11 is 0. The van der Waals surface area contributed by atoms with Gasteiger partial charge in [0.1, 0.15) is 5.69 Å². The number of rotatable bonds is 4. The number of amides is 1. The number of nitrogens with one attached hydrogen (secondary N) is 2. The molecule has 2 aromatic heterocycles. The molecule has 3 aromatic rings. The summed E-state index contributed by atoms with van der Waals surface area (Å²) in [4.78, 5) is 12.0. The smallest absolute Gasteiger partial charge is 0.226 e. The van der Waals surface area contributed by atoms with Gasteiger partial charge in [0.25, 0.3) is 0 Å². The molecular weight excluding hydrogens is 334 g/mol. The number of anilines is 1. The van der Waals surface area contributed by atoms with E-state index in [1.54, 1.807) is 30.5 Å². The van der Waals surface area contributed by atoms with Crippen LogP contribution < -0.4 is 10.1 Å². The molecular formula is C19H17N3O4. The van der Waals surface area contributed by atoms with Crippen molar-refractivity contribution in [1.29, 1.82) is 0 Å². The molecule has 3 N–H and O–H groups in total. The molecule has 0 bridgehead atoms. The predicted molar refractivity (Wildman–Crippen MR) is 96.0 cm³/mol. The first-order valence-corrected chi connectivity index (χ1v) is 8.13. The standard InChI is InChI=1S/C19H17N3O4/c1-25-15-9-11(5-7-13(15)23)4-6-12-10-16(24)20-19-17(12)18(21-22-19)14-3-2-8-26-14/h2-9,12,23H,10H2,1H3,(H2,20,21,22,24). The molecule has 0 aliphatic carbocycles. The van der Waals surface area contributed by atoms with Gasteiger partial charge in [-0.05, 0) is 29.8 Å². The van der Waals surface area contributed by atoms with Crippen molar-refractivity contribution in [2.45, 2.75) is 12.3 Å². The van der Waals surface area contributed by atoms with E-state index >= 15 is 0 Å². The van der Waals surface area contributed by atoms with Crippen molar-refractivity contribution in [2.75, 3.05) is 12.4 Å². The Kier molecular flexibility index (Phi) is 3.96. The van der Waals surface area contributed by atoms with Gasteiger partial charge in [-0.2, -0.15) is 5.10 Å². The van der Waals surface area contributed by atoms with Crippen LogP contribution in [0.2, 0.25) is 0 Å². The topological polar surface area (TPSA) is 100 Å². The van der Waals surface area contributed by atoms with Crippen LogP contribution >= 0.6 is 0 Å². The second-order valence-corrected chi connectivity index (χ2v) is 5.99. The number of carbonyl (C=O) groups excluding carboxylic acids is 1. The number of carbonyl (C=O) groups is 1. The lowest BCUT2D eigenvalue weighted by Gasteiger charge is -2.19. The molecule has 7 heteroatoms. The fourth-order valence-electron chi connectivity index (χ4n) is 3.09. The molecule has 0 fully saturated rings. The van der Waals surface area contributed by atoms with E-state index in [1.807, 2.05) is 18.2 Å². The number of nitrogens with zero attached hydrogens (tertiary/aromatic N) is 1. The summed E-state index contributed by atoms with van der Waals surface area (Å²) in [6.45, 7) is 0. The van der Waals surface area contributed by atoms with Crippen LogP contribution in [0.15, 0.2) is 47.1 Å². The van der Waals surface area contributed by atoms with Gasteiger partial charge in [0.2, 0.25) is 5.91 Å². The SMILES string of the molecule is COc1cc(C=CC2CC(=O)Nc3n[nH]c(-c4ccco4)c32)ccc1O. The third-order valence-electron chi connectivity index (χ3n) is 4.33. The predicted octanol–water partition coefficient (Wildman–Crippen LogP) is 3.52. The maximum absolute atomic E-state index is 12.0. The van der Waals surface area contributed by atoms with Crippen LogP contribution in [0.5, 0.6) is 11.5 Å². The second kappa shape index (κ2) is 6.44. The number of furan rings is 1. The minimum atomic E-state index is -0.155. The number of aromatic nitrogens is 2. The molecule has 0 saturated heterocycles. The number of ether oxygens (including phenoxy) is 1. The minimum Gasteiger partial charge on any atom is -0.504 e. The van der Waals surface area contributed by atoms with E-state index < -0.39 is 0 Å². The van der Waals surface area contributed by atoms with E-state index in [4.69, 9.17) is 9.15 Å². The van der Waals surface area contributed by atoms with Crippen LogP contribution in [-0.4, -0.2) is 28.3 Å². The van der Waals surface area contributed by atoms with Crippen LogP contribution in [0, 0.1) is 0 Å². The van der Waals surface area contributed by atoms with Crippen molar-refractivity contribution < 1.29 is 19.1 Å². The van der Waals surface area contributed by atoms with Gasteiger partial charge in [-0.15, -0.1) is 0 Å². The molecule has 1 unspecified atom stereocenters. The number of phenolic OH excluding ortho intramolecular Hbond substituents is 1. The number of allylic oxidation sites excluding steroid dienone is 1. The Balaban J connectivity index is 1.70. The number of phenols is 1. The van der Waals surface area contributed by atoms with Crippen LogP contribution in [0.4, 0.5) is 5.82 Å². The van der Waals surface area contributed by atoms with Gasteiger partial charge >= 0.3 is 0 Å². The highest BCUT2D eigenvalue weighted by Gasteiger charge is 2.30. The Morgan fingerprint density at radius 3 is 3.04 bits per heavy atom. The maximum Gasteiger partial charge on any atom is 0.226 e. The fourth-order valence-corrected chi connectivity index (χ4v) is 3.09. The fraction of sp³-hybridized carbons (Fsp3) is 0.158. The van der Waals surface area contributed by atoms with Crippen LogP contribution in [0.3, 0.4) is 0 Å². The monoisotopic (exact) mass is 351 g/mol. The average Bonchev–Trinajstić information content (AvgIpc) is 3.29. The summed E-state index contributed by atoms with van der Waals surface area (Å²) in [6, 6.07) is 8.73. The molecule has 0 radical (unpaired) electrons. The number of hydrogen-bond acceptors (Lipinski definition) is 5. The van der Waals surface area contributed by atoms with Crippen molar-refractivity contribution in [1.82, 2.24) is 10.2 Å². The highest BCUT2D eigenvalue weighted by atomic mass is 16.5. The van der Waals surface area contributed by atoms with E-state index in [2.05, 4.69) is 15.5 Å². The molecule has 26 heavy (non-hydrogen) atoms. The van der Waals surface area contributed by atoms with Gasteiger partial charge < -0.3 is 19.6 Å². The Morgan fingerprint density at radius 1 is 1.38 bits per heavy atom. The highest BCUT2D eigenvalue weighted by Crippen LogP contribution is 2.39. The third-order valence-corrected chi connectivity index (χ3v) is 4.33. The molecule has 0 spiro atoms. The molecule has 1 aliphatic rings. The first-order chi connectivity index (χ1) is 12.7. The first kappa shape index (κ1) is 16.0. The van der Waals surface area contributed by atoms with Crippen LogP contribution in [0.1, 0.15) is 23.5 Å². The van der Waals surface area contributed by atoms with Gasteiger partial charge in [0, 0.05) is 17.9 Å². The van der Waals surface area contributed by atoms with Crippen molar-refractivity contribution in [3.05, 3.63) is 53.8 Å². The Morgan fingerprint density at radius 2 is 2.27 bits per heavy atom. The second-order valence-electron chi connectivity index (χ2n) is 5.99. The average molecular weight is 351 g/mol. The zero-order valence-electron chi connectivity index (χ0n) is 14.0. The van der Waals surface area contributed by atoms with E-state index in [1.165, 1.54) is 7.11 Å². The highest BCUT2D eigenvalue weighted by molar-refractivity contribution is 5.95. The summed E-state index contributed by atoms with van der Waals surface area (Å²) in [5.74, 6) is 1.42. The summed E-state index contributed by atoms with van der Waals surface area (Å²) in [7, 11) is 1.50. The summed E-state index contributed by atoms with van der Waals surface area (Å²) in [5, 5.41) is 19.6. The summed E-state index contributed by atoms with van der Waals surface area (Å²) in [6.07, 6.45) is 5.75. The quantitative estimate of drug-likeness (QED) is 0.668. The van der Waals surface area contributed by atoms with Crippen molar-refractivity contribution >= 4 is 17.8 Å². The Bertz CT molecular complexity index is 973. The molecule has 3 heterocycles. The number of benzene rings is 1. The molecule has 7 nitrogen and oxygen atoms in total. The van der Waals surface area contributed by atoms with Crippen LogP contribution in [0.25, 0.3) is 17.5 Å². The Labute approximate surface area is 149 Å². The van der Waals surface area contributed by atoms with E-state index in [-0.39, 0.29) is 17.6 Å². The van der Waals surface area contributed by atoms with Gasteiger partial charge in [0.15, 0.2) is 23.1 Å². The number of aromatic hydroxyl groups is 1. The molecule has 1 amide bonds. The number of methoxy groups -OCH3 is 1. The van der Waals surface area contributed by atoms with Gasteiger partial charge in [-0.3, -0.25) is 9.89 Å². The van der Waals surface area contributed by atoms with E-state index in [9.17, 15) is 9.90 Å². The number of fused-ring (bicyclic) bond motifs is 1. The number of hydrogen-bond donors (Lipinski definition) is 3. The van der Waals surface area contributed by atoms with Crippen molar-refractivity contribution in [3.8, 4) is 23.0 Å². The van der Waals surface area contributed by atoms with Gasteiger partial charge in [-0.25, -0.2) is 0 Å². The van der Waals surface area contributed by atoms with E-state index in [0.29, 0.717) is 23.7 Å². The third kappa shape index (κ3) is 2.83. The molecule has 1 aromatic carbocycles. The zero-order chi connectivity index (χ0) is 18.1. The van der Waals surface area contributed by atoms with Gasteiger partial charge in [0.05, 0.1) is 13.4 Å². The molecule has 132 valence electrons. The lowest BCUT2D eigenvalue weighted by molar-refractivity contribution is -0.116. The molecule has 1 aliphatic heterocycles. The first-order valence-electron chi connectivity index (χ1n) is 8.13. The summed E-state index contributed by atoms with van der Waals surface area (Å²) in [5.41, 5.74) is 2.50. The lowest BCUT2D eigenvalue weighted by Crippen LogP contribution is -2.21. The van der Waals surface area contributed by atoms with Crippen molar-refractivity contribution in [3.63, 3.8) is 0 Å². The van der Waals surface area contributed by atoms with Crippen LogP contribution in [-0.2, 0) is 4.79 Å². The molecule has 4 rings (SSSR count). The molecule has 0 saturated carbocycles. The Hall–Kier alpha value is -3.48. The normalized spacial score (nSPS) is 16.5. The number of H-pyrrole nitrogens is 1. The summed E-state index contributed by atoms with van der Waals surface area (Å²) < 4.78 is 10.6. The lowest BCUT2D eigenvalue weighted by atomic mass is 9.90. The number of aromatic amines is 1. The van der Waals surface area contributed by atoms with E-state index in [0.717, 1.165) is 16.8 Å².